The standard InChI is InChI=1S/C11H19F2N/c1-2-3-4-10(14)9-5-7-11(12,13)8-6-9/h2,9-10H,1,3-8,14H2. The van der Waals surface area contributed by atoms with Crippen molar-refractivity contribution in [2.24, 2.45) is 11.7 Å². The fraction of sp³-hybridized carbons (Fsp3) is 0.818. The monoisotopic (exact) mass is 203 g/mol. The third-order valence-electron chi connectivity index (χ3n) is 3.07. The summed E-state index contributed by atoms with van der Waals surface area (Å²) in [5.74, 6) is -2.15. The van der Waals surface area contributed by atoms with Crippen LogP contribution in [0.5, 0.6) is 0 Å². The summed E-state index contributed by atoms with van der Waals surface area (Å²) >= 11 is 0. The molecule has 0 amide bonds. The maximum Gasteiger partial charge on any atom is 0.248 e. The zero-order chi connectivity index (χ0) is 10.6. The van der Waals surface area contributed by atoms with Gasteiger partial charge in [0.05, 0.1) is 0 Å². The van der Waals surface area contributed by atoms with Crippen LogP contribution < -0.4 is 5.73 Å². The van der Waals surface area contributed by atoms with E-state index in [1.54, 1.807) is 0 Å². The van der Waals surface area contributed by atoms with Crippen LogP contribution in [0.25, 0.3) is 0 Å². The van der Waals surface area contributed by atoms with Crippen molar-refractivity contribution >= 4 is 0 Å². The Morgan fingerprint density at radius 3 is 2.50 bits per heavy atom. The van der Waals surface area contributed by atoms with E-state index in [1.165, 1.54) is 0 Å². The van der Waals surface area contributed by atoms with Crippen LogP contribution in [-0.2, 0) is 0 Å². The highest BCUT2D eigenvalue weighted by molar-refractivity contribution is 4.84. The van der Waals surface area contributed by atoms with Crippen LogP contribution in [0.2, 0.25) is 0 Å². The number of allylic oxidation sites excluding steroid dienone is 1. The maximum absolute atomic E-state index is 12.8. The van der Waals surface area contributed by atoms with Gasteiger partial charge in [0.1, 0.15) is 0 Å². The third-order valence-corrected chi connectivity index (χ3v) is 3.07. The minimum Gasteiger partial charge on any atom is -0.327 e. The van der Waals surface area contributed by atoms with Gasteiger partial charge in [-0.05, 0) is 31.6 Å². The molecule has 1 aliphatic carbocycles. The van der Waals surface area contributed by atoms with Gasteiger partial charge in [0.25, 0.3) is 0 Å². The van der Waals surface area contributed by atoms with Gasteiger partial charge in [0, 0.05) is 18.9 Å². The number of hydrogen-bond donors (Lipinski definition) is 1. The molecule has 0 aromatic heterocycles. The van der Waals surface area contributed by atoms with E-state index in [9.17, 15) is 8.78 Å². The van der Waals surface area contributed by atoms with Crippen molar-refractivity contribution in [2.75, 3.05) is 0 Å². The highest BCUT2D eigenvalue weighted by Gasteiger charge is 2.36. The number of hydrogen-bond acceptors (Lipinski definition) is 1. The summed E-state index contributed by atoms with van der Waals surface area (Å²) in [6, 6.07) is 0.0732. The van der Waals surface area contributed by atoms with Gasteiger partial charge >= 0.3 is 0 Å². The zero-order valence-corrected chi connectivity index (χ0v) is 8.52. The summed E-state index contributed by atoms with van der Waals surface area (Å²) in [5.41, 5.74) is 5.93. The van der Waals surface area contributed by atoms with Gasteiger partial charge in [-0.15, -0.1) is 6.58 Å². The second-order valence-electron chi connectivity index (χ2n) is 4.22. The fourth-order valence-electron chi connectivity index (χ4n) is 2.04. The first-order chi connectivity index (χ1) is 6.55. The van der Waals surface area contributed by atoms with E-state index < -0.39 is 5.92 Å². The van der Waals surface area contributed by atoms with Crippen molar-refractivity contribution in [3.05, 3.63) is 12.7 Å². The Morgan fingerprint density at radius 1 is 1.43 bits per heavy atom. The molecule has 0 spiro atoms. The van der Waals surface area contributed by atoms with Crippen LogP contribution in [0.15, 0.2) is 12.7 Å². The molecular weight excluding hydrogens is 184 g/mol. The normalized spacial score (nSPS) is 24.5. The number of rotatable bonds is 4. The second kappa shape index (κ2) is 4.87. The van der Waals surface area contributed by atoms with Gasteiger partial charge in [-0.1, -0.05) is 6.08 Å². The summed E-state index contributed by atoms with van der Waals surface area (Å²) in [7, 11) is 0. The van der Waals surface area contributed by atoms with Crippen molar-refractivity contribution in [3.8, 4) is 0 Å². The van der Waals surface area contributed by atoms with Crippen molar-refractivity contribution in [1.29, 1.82) is 0 Å². The van der Waals surface area contributed by atoms with Crippen LogP contribution in [0, 0.1) is 5.92 Å². The fourth-order valence-corrected chi connectivity index (χ4v) is 2.04. The Balaban J connectivity index is 2.30. The van der Waals surface area contributed by atoms with Crippen molar-refractivity contribution < 1.29 is 8.78 Å². The summed E-state index contributed by atoms with van der Waals surface area (Å²) in [5, 5.41) is 0. The van der Waals surface area contributed by atoms with Gasteiger partial charge in [-0.2, -0.15) is 0 Å². The zero-order valence-electron chi connectivity index (χ0n) is 8.52. The molecule has 0 heterocycles. The maximum atomic E-state index is 12.8. The van der Waals surface area contributed by atoms with E-state index in [2.05, 4.69) is 6.58 Å². The van der Waals surface area contributed by atoms with E-state index in [-0.39, 0.29) is 24.8 Å². The number of alkyl halides is 2. The van der Waals surface area contributed by atoms with E-state index >= 15 is 0 Å². The van der Waals surface area contributed by atoms with Crippen molar-refractivity contribution in [3.63, 3.8) is 0 Å². The molecule has 1 aliphatic rings. The largest absolute Gasteiger partial charge is 0.327 e. The lowest BCUT2D eigenvalue weighted by atomic mass is 9.81. The van der Waals surface area contributed by atoms with Gasteiger partial charge in [-0.3, -0.25) is 0 Å². The van der Waals surface area contributed by atoms with E-state index in [1.807, 2.05) is 6.08 Å². The molecule has 1 nitrogen and oxygen atoms in total. The predicted octanol–water partition coefficient (Wildman–Crippen LogP) is 3.11. The average Bonchev–Trinajstić information content (AvgIpc) is 2.14. The van der Waals surface area contributed by atoms with Gasteiger partial charge in [0.15, 0.2) is 0 Å². The van der Waals surface area contributed by atoms with Crippen LogP contribution in [0.3, 0.4) is 0 Å². The van der Waals surface area contributed by atoms with E-state index in [0.717, 1.165) is 12.8 Å². The quantitative estimate of drug-likeness (QED) is 0.698. The average molecular weight is 203 g/mol. The van der Waals surface area contributed by atoms with Crippen LogP contribution in [0.1, 0.15) is 38.5 Å². The van der Waals surface area contributed by atoms with E-state index in [0.29, 0.717) is 12.8 Å². The molecule has 0 saturated heterocycles. The summed E-state index contributed by atoms with van der Waals surface area (Å²) in [4.78, 5) is 0. The van der Waals surface area contributed by atoms with Crippen LogP contribution >= 0.6 is 0 Å². The summed E-state index contributed by atoms with van der Waals surface area (Å²) < 4.78 is 25.7. The minimum absolute atomic E-state index is 0.0133. The minimum atomic E-state index is -2.44. The molecule has 1 atom stereocenters. The molecular formula is C11H19F2N. The molecule has 2 N–H and O–H groups in total. The van der Waals surface area contributed by atoms with Gasteiger partial charge in [0.2, 0.25) is 5.92 Å². The Labute approximate surface area is 84.4 Å². The molecule has 0 radical (unpaired) electrons. The van der Waals surface area contributed by atoms with Gasteiger partial charge in [-0.25, -0.2) is 8.78 Å². The van der Waals surface area contributed by atoms with Crippen LogP contribution in [-0.4, -0.2) is 12.0 Å². The number of halogens is 2. The Morgan fingerprint density at radius 2 is 2.00 bits per heavy atom. The van der Waals surface area contributed by atoms with Crippen LogP contribution in [0.4, 0.5) is 8.78 Å². The molecule has 0 aromatic carbocycles. The Hall–Kier alpha value is -0.440. The summed E-state index contributed by atoms with van der Waals surface area (Å²) in [6.07, 6.45) is 4.76. The Kier molecular flexibility index (Phi) is 4.05. The van der Waals surface area contributed by atoms with Gasteiger partial charge < -0.3 is 5.73 Å². The first-order valence-corrected chi connectivity index (χ1v) is 5.29. The Bertz CT molecular complexity index is 182. The SMILES string of the molecule is C=CCCC(N)C1CCC(F)(F)CC1. The second-order valence-corrected chi connectivity index (χ2v) is 4.22. The molecule has 0 bridgehead atoms. The first kappa shape index (κ1) is 11.6. The highest BCUT2D eigenvalue weighted by atomic mass is 19.3. The molecule has 82 valence electrons. The molecule has 0 aromatic rings. The predicted molar refractivity (Wildman–Crippen MR) is 54.3 cm³/mol. The molecule has 1 saturated carbocycles. The molecule has 14 heavy (non-hydrogen) atoms. The molecule has 0 aliphatic heterocycles. The lowest BCUT2D eigenvalue weighted by Crippen LogP contribution is -2.36. The molecule has 1 rings (SSSR count). The van der Waals surface area contributed by atoms with E-state index in [4.69, 9.17) is 5.73 Å². The van der Waals surface area contributed by atoms with Crippen molar-refractivity contribution in [2.45, 2.75) is 50.5 Å². The topological polar surface area (TPSA) is 26.0 Å². The highest BCUT2D eigenvalue weighted by Crippen LogP contribution is 2.37. The smallest absolute Gasteiger partial charge is 0.248 e. The van der Waals surface area contributed by atoms with Crippen molar-refractivity contribution in [1.82, 2.24) is 0 Å². The molecule has 1 fully saturated rings. The number of nitrogens with two attached hydrogens (primary N) is 1. The molecule has 3 heteroatoms. The molecule has 1 unspecified atom stereocenters. The first-order valence-electron chi connectivity index (χ1n) is 5.29. The lowest BCUT2D eigenvalue weighted by Gasteiger charge is -2.31. The third kappa shape index (κ3) is 3.37. The summed E-state index contributed by atoms with van der Waals surface area (Å²) in [6.45, 7) is 3.63. The lowest BCUT2D eigenvalue weighted by molar-refractivity contribution is -0.0484.